The van der Waals surface area contributed by atoms with E-state index in [9.17, 15) is 4.39 Å². The van der Waals surface area contributed by atoms with Crippen molar-refractivity contribution in [2.45, 2.75) is 6.92 Å². The largest absolute Gasteiger partial charge is 0.238 e. The van der Waals surface area contributed by atoms with E-state index in [4.69, 9.17) is 18.2 Å². The minimum absolute atomic E-state index is 0.263. The van der Waals surface area contributed by atoms with E-state index in [1.54, 1.807) is 6.92 Å². The van der Waals surface area contributed by atoms with E-state index in [1.807, 2.05) is 0 Å². The van der Waals surface area contributed by atoms with Crippen LogP contribution in [0, 0.1) is 19.3 Å². The summed E-state index contributed by atoms with van der Waals surface area (Å²) >= 11 is 5.52. The SMILES string of the molecule is [C-]#[N+]c1cc(Cl)cc(F)c1C. The Kier molecular flexibility index (Phi) is 2.11. The molecule has 0 aliphatic heterocycles. The minimum Gasteiger partial charge on any atom is -0.238 e. The van der Waals surface area contributed by atoms with Crippen molar-refractivity contribution in [1.29, 1.82) is 0 Å². The fourth-order valence-electron chi connectivity index (χ4n) is 0.748. The fraction of sp³-hybridized carbons (Fsp3) is 0.125. The van der Waals surface area contributed by atoms with E-state index in [2.05, 4.69) is 4.85 Å². The Bertz CT molecular complexity index is 328. The van der Waals surface area contributed by atoms with Crippen molar-refractivity contribution in [1.82, 2.24) is 0 Å². The molecule has 11 heavy (non-hydrogen) atoms. The molecule has 56 valence electrons. The molecule has 0 N–H and O–H groups in total. The van der Waals surface area contributed by atoms with Crippen LogP contribution in [0.25, 0.3) is 4.85 Å². The lowest BCUT2D eigenvalue weighted by Crippen LogP contribution is -1.80. The van der Waals surface area contributed by atoms with Crippen molar-refractivity contribution in [3.8, 4) is 0 Å². The van der Waals surface area contributed by atoms with Crippen LogP contribution in [0.5, 0.6) is 0 Å². The lowest BCUT2D eigenvalue weighted by atomic mass is 10.2. The fourth-order valence-corrected chi connectivity index (χ4v) is 0.947. The summed E-state index contributed by atoms with van der Waals surface area (Å²) in [4.78, 5) is 3.12. The molecule has 0 saturated carbocycles. The summed E-state index contributed by atoms with van der Waals surface area (Å²) in [5.41, 5.74) is 0.624. The molecule has 3 heteroatoms. The Morgan fingerprint density at radius 2 is 2.18 bits per heavy atom. The van der Waals surface area contributed by atoms with E-state index in [1.165, 1.54) is 12.1 Å². The Balaban J connectivity index is 3.39. The molecule has 1 aromatic carbocycles. The van der Waals surface area contributed by atoms with Gasteiger partial charge in [0.25, 0.3) is 0 Å². The molecule has 0 amide bonds. The third-order valence-corrected chi connectivity index (χ3v) is 1.62. The monoisotopic (exact) mass is 169 g/mol. The van der Waals surface area contributed by atoms with Gasteiger partial charge in [-0.2, -0.15) is 0 Å². The van der Waals surface area contributed by atoms with Gasteiger partial charge >= 0.3 is 0 Å². The van der Waals surface area contributed by atoms with Crippen molar-refractivity contribution in [3.05, 3.63) is 40.0 Å². The molecule has 0 aromatic heterocycles. The Morgan fingerprint density at radius 1 is 1.55 bits per heavy atom. The van der Waals surface area contributed by atoms with E-state index >= 15 is 0 Å². The number of benzene rings is 1. The second kappa shape index (κ2) is 2.89. The highest BCUT2D eigenvalue weighted by molar-refractivity contribution is 6.30. The molecule has 1 rings (SSSR count). The van der Waals surface area contributed by atoms with Crippen molar-refractivity contribution in [2.75, 3.05) is 0 Å². The third kappa shape index (κ3) is 1.50. The van der Waals surface area contributed by atoms with Gasteiger partial charge in [0.2, 0.25) is 0 Å². The van der Waals surface area contributed by atoms with Gasteiger partial charge in [0.05, 0.1) is 6.57 Å². The number of halogens is 2. The molecule has 0 bridgehead atoms. The Hall–Kier alpha value is -1.07. The maximum Gasteiger partial charge on any atom is 0.194 e. The molecule has 0 unspecified atom stereocenters. The van der Waals surface area contributed by atoms with Gasteiger partial charge in [-0.3, -0.25) is 0 Å². The zero-order valence-corrected chi connectivity index (χ0v) is 6.61. The van der Waals surface area contributed by atoms with E-state index in [-0.39, 0.29) is 10.7 Å². The van der Waals surface area contributed by atoms with Gasteiger partial charge in [-0.15, -0.1) is 0 Å². The molecule has 0 fully saturated rings. The summed E-state index contributed by atoms with van der Waals surface area (Å²) in [6.45, 7) is 8.23. The van der Waals surface area contributed by atoms with Crippen LogP contribution < -0.4 is 0 Å². The molecule has 0 saturated heterocycles. The molecule has 1 nitrogen and oxygen atoms in total. The van der Waals surface area contributed by atoms with Gasteiger partial charge in [0.1, 0.15) is 5.82 Å². The van der Waals surface area contributed by atoms with Crippen molar-refractivity contribution in [2.24, 2.45) is 0 Å². The number of nitrogens with zero attached hydrogens (tertiary/aromatic N) is 1. The predicted octanol–water partition coefficient (Wildman–Crippen LogP) is 3.34. The topological polar surface area (TPSA) is 4.36 Å². The molecule has 0 atom stereocenters. The van der Waals surface area contributed by atoms with Gasteiger partial charge in [0.15, 0.2) is 5.69 Å². The summed E-state index contributed by atoms with van der Waals surface area (Å²) < 4.78 is 12.8. The first-order valence-corrected chi connectivity index (χ1v) is 3.36. The van der Waals surface area contributed by atoms with Gasteiger partial charge in [-0.05, 0) is 24.6 Å². The molecular weight excluding hydrogens is 165 g/mol. The second-order valence-electron chi connectivity index (χ2n) is 2.14. The molecule has 0 radical (unpaired) electrons. The van der Waals surface area contributed by atoms with Crippen LogP contribution in [0.3, 0.4) is 0 Å². The molecule has 0 spiro atoms. The standard InChI is InChI=1S/C8H5ClFN/c1-5-7(10)3-6(9)4-8(5)11-2/h3-4H,1H3. The van der Waals surface area contributed by atoms with Gasteiger partial charge in [-0.25, -0.2) is 9.24 Å². The number of hydrogen-bond donors (Lipinski definition) is 0. The Labute approximate surface area is 69.2 Å². The van der Waals surface area contributed by atoms with Gasteiger partial charge in [0, 0.05) is 5.02 Å². The van der Waals surface area contributed by atoms with Crippen molar-refractivity contribution < 1.29 is 4.39 Å². The molecule has 0 heterocycles. The van der Waals surface area contributed by atoms with Gasteiger partial charge in [-0.1, -0.05) is 11.6 Å². The van der Waals surface area contributed by atoms with Crippen LogP contribution in [-0.4, -0.2) is 0 Å². The van der Waals surface area contributed by atoms with Crippen LogP contribution in [0.2, 0.25) is 5.02 Å². The van der Waals surface area contributed by atoms with Crippen LogP contribution in [0.1, 0.15) is 5.56 Å². The smallest absolute Gasteiger partial charge is 0.194 e. The zero-order chi connectivity index (χ0) is 8.43. The van der Waals surface area contributed by atoms with E-state index in [0.717, 1.165) is 0 Å². The van der Waals surface area contributed by atoms with Crippen LogP contribution in [0.15, 0.2) is 12.1 Å². The summed E-state index contributed by atoms with van der Waals surface area (Å²) in [6, 6.07) is 2.65. The quantitative estimate of drug-likeness (QED) is 0.525. The number of hydrogen-bond acceptors (Lipinski definition) is 0. The average Bonchev–Trinajstić information content (AvgIpc) is 1.96. The maximum atomic E-state index is 12.8. The summed E-state index contributed by atoms with van der Waals surface area (Å²) in [6.07, 6.45) is 0. The zero-order valence-electron chi connectivity index (χ0n) is 5.86. The highest BCUT2D eigenvalue weighted by atomic mass is 35.5. The summed E-state index contributed by atoms with van der Waals surface area (Å²) in [5.74, 6) is -0.427. The van der Waals surface area contributed by atoms with E-state index < -0.39 is 5.82 Å². The molecule has 0 aliphatic rings. The average molecular weight is 170 g/mol. The Morgan fingerprint density at radius 3 is 2.73 bits per heavy atom. The number of rotatable bonds is 0. The maximum absolute atomic E-state index is 12.8. The molecule has 1 aromatic rings. The van der Waals surface area contributed by atoms with Gasteiger partial charge < -0.3 is 0 Å². The van der Waals surface area contributed by atoms with Crippen LogP contribution in [-0.2, 0) is 0 Å². The summed E-state index contributed by atoms with van der Waals surface area (Å²) in [7, 11) is 0. The van der Waals surface area contributed by atoms with Crippen molar-refractivity contribution in [3.63, 3.8) is 0 Å². The molecular formula is C8H5ClFN. The van der Waals surface area contributed by atoms with Crippen LogP contribution in [0.4, 0.5) is 10.1 Å². The second-order valence-corrected chi connectivity index (χ2v) is 2.58. The third-order valence-electron chi connectivity index (χ3n) is 1.40. The highest BCUT2D eigenvalue weighted by Gasteiger charge is 2.04. The lowest BCUT2D eigenvalue weighted by molar-refractivity contribution is 0.620. The molecule has 0 aliphatic carbocycles. The normalized spacial score (nSPS) is 9.27. The lowest BCUT2D eigenvalue weighted by Gasteiger charge is -1.98. The van der Waals surface area contributed by atoms with E-state index in [0.29, 0.717) is 5.56 Å². The first-order chi connectivity index (χ1) is 5.15. The van der Waals surface area contributed by atoms with Crippen LogP contribution >= 0.6 is 11.6 Å². The summed E-state index contributed by atoms with van der Waals surface area (Å²) in [5, 5.41) is 0.263. The van der Waals surface area contributed by atoms with Crippen molar-refractivity contribution >= 4 is 17.3 Å². The first kappa shape index (κ1) is 8.03. The highest BCUT2D eigenvalue weighted by Crippen LogP contribution is 2.25. The minimum atomic E-state index is -0.427. The first-order valence-electron chi connectivity index (χ1n) is 2.98. The predicted molar refractivity (Wildman–Crippen MR) is 42.4 cm³/mol.